The van der Waals surface area contributed by atoms with Gasteiger partial charge in [-0.15, -0.1) is 0 Å². The minimum Gasteiger partial charge on any atom is -0.409 e. The van der Waals surface area contributed by atoms with E-state index in [1.54, 1.807) is 0 Å². The third-order valence-corrected chi connectivity index (χ3v) is 4.66. The minimum absolute atomic E-state index is 0.115. The van der Waals surface area contributed by atoms with E-state index in [-0.39, 0.29) is 11.5 Å². The van der Waals surface area contributed by atoms with Gasteiger partial charge >= 0.3 is 0 Å². The number of hydrogen-bond acceptors (Lipinski definition) is 4. The van der Waals surface area contributed by atoms with Crippen LogP contribution in [0.2, 0.25) is 0 Å². The van der Waals surface area contributed by atoms with E-state index in [4.69, 9.17) is 10.9 Å². The SMILES string of the molecule is CC(C)(CCN1C2CCC1CC(O)C2)C(N)=NO. The van der Waals surface area contributed by atoms with Crippen molar-refractivity contribution in [3.05, 3.63) is 0 Å². The molecule has 2 aliphatic heterocycles. The average molecular weight is 255 g/mol. The number of fused-ring (bicyclic) bond motifs is 2. The summed E-state index contributed by atoms with van der Waals surface area (Å²) in [5.74, 6) is 0.298. The second kappa shape index (κ2) is 5.05. The van der Waals surface area contributed by atoms with Gasteiger partial charge in [0.1, 0.15) is 5.84 Å². The molecule has 5 heteroatoms. The second-order valence-corrected chi connectivity index (χ2v) is 6.37. The number of aliphatic hydroxyl groups is 1. The van der Waals surface area contributed by atoms with Crippen LogP contribution in [0.15, 0.2) is 5.16 Å². The Hall–Kier alpha value is -0.810. The van der Waals surface area contributed by atoms with Gasteiger partial charge in [-0.2, -0.15) is 0 Å². The molecule has 2 rings (SSSR count). The van der Waals surface area contributed by atoms with Gasteiger partial charge in [-0.3, -0.25) is 4.90 Å². The summed E-state index contributed by atoms with van der Waals surface area (Å²) in [5.41, 5.74) is 5.44. The molecule has 2 saturated heterocycles. The second-order valence-electron chi connectivity index (χ2n) is 6.37. The molecule has 2 heterocycles. The summed E-state index contributed by atoms with van der Waals surface area (Å²) in [6, 6.07) is 1.06. The van der Waals surface area contributed by atoms with E-state index in [9.17, 15) is 5.11 Å². The number of rotatable bonds is 4. The fraction of sp³-hybridized carbons (Fsp3) is 0.923. The number of amidine groups is 1. The molecule has 18 heavy (non-hydrogen) atoms. The maximum Gasteiger partial charge on any atom is 0.144 e. The molecule has 0 aromatic rings. The fourth-order valence-corrected chi connectivity index (χ4v) is 3.28. The van der Waals surface area contributed by atoms with E-state index in [1.807, 2.05) is 13.8 Å². The molecule has 104 valence electrons. The molecule has 0 saturated carbocycles. The Morgan fingerprint density at radius 3 is 2.39 bits per heavy atom. The summed E-state index contributed by atoms with van der Waals surface area (Å²) in [5, 5.41) is 21.7. The van der Waals surface area contributed by atoms with E-state index < -0.39 is 0 Å². The number of aliphatic hydroxyl groups excluding tert-OH is 1. The first-order chi connectivity index (χ1) is 8.44. The average Bonchev–Trinajstić information content (AvgIpc) is 2.56. The maximum atomic E-state index is 9.76. The van der Waals surface area contributed by atoms with E-state index >= 15 is 0 Å². The van der Waals surface area contributed by atoms with Gasteiger partial charge in [0.2, 0.25) is 0 Å². The first-order valence-corrected chi connectivity index (χ1v) is 6.86. The van der Waals surface area contributed by atoms with Crippen LogP contribution < -0.4 is 5.73 Å². The molecule has 2 aliphatic rings. The van der Waals surface area contributed by atoms with Crippen molar-refractivity contribution in [3.63, 3.8) is 0 Å². The van der Waals surface area contributed by atoms with Gasteiger partial charge in [-0.1, -0.05) is 19.0 Å². The lowest BCUT2D eigenvalue weighted by Gasteiger charge is -2.38. The number of hydrogen-bond donors (Lipinski definition) is 3. The molecule has 0 spiro atoms. The highest BCUT2D eigenvalue weighted by Gasteiger charge is 2.40. The zero-order valence-electron chi connectivity index (χ0n) is 11.3. The van der Waals surface area contributed by atoms with Crippen LogP contribution in [0.3, 0.4) is 0 Å². The molecule has 4 N–H and O–H groups in total. The summed E-state index contributed by atoms with van der Waals surface area (Å²) in [7, 11) is 0. The third kappa shape index (κ3) is 2.62. The summed E-state index contributed by atoms with van der Waals surface area (Å²) in [4.78, 5) is 2.51. The van der Waals surface area contributed by atoms with Crippen LogP contribution in [0.1, 0.15) is 46.0 Å². The van der Waals surface area contributed by atoms with Gasteiger partial charge in [0, 0.05) is 17.5 Å². The molecular weight excluding hydrogens is 230 g/mol. The molecule has 2 atom stereocenters. The molecule has 2 unspecified atom stereocenters. The Morgan fingerprint density at radius 2 is 1.89 bits per heavy atom. The largest absolute Gasteiger partial charge is 0.409 e. The highest BCUT2D eigenvalue weighted by atomic mass is 16.4. The molecule has 2 fully saturated rings. The fourth-order valence-electron chi connectivity index (χ4n) is 3.28. The molecule has 2 bridgehead atoms. The molecule has 0 aromatic carbocycles. The van der Waals surface area contributed by atoms with Crippen molar-refractivity contribution in [2.24, 2.45) is 16.3 Å². The van der Waals surface area contributed by atoms with Gasteiger partial charge in [-0.25, -0.2) is 0 Å². The predicted molar refractivity (Wildman–Crippen MR) is 70.6 cm³/mol. The van der Waals surface area contributed by atoms with E-state index in [0.717, 1.165) is 25.8 Å². The Morgan fingerprint density at radius 1 is 1.33 bits per heavy atom. The minimum atomic E-state index is -0.274. The van der Waals surface area contributed by atoms with Crippen molar-refractivity contribution in [1.82, 2.24) is 4.90 Å². The Kier molecular flexibility index (Phi) is 3.82. The predicted octanol–water partition coefficient (Wildman–Crippen LogP) is 1.14. The van der Waals surface area contributed by atoms with Crippen LogP contribution in [0.5, 0.6) is 0 Å². The van der Waals surface area contributed by atoms with E-state index in [2.05, 4.69) is 10.1 Å². The van der Waals surface area contributed by atoms with Crippen LogP contribution >= 0.6 is 0 Å². The molecule has 0 aliphatic carbocycles. The Labute approximate surface area is 109 Å². The third-order valence-electron chi connectivity index (χ3n) is 4.66. The topological polar surface area (TPSA) is 82.1 Å². The lowest BCUT2D eigenvalue weighted by molar-refractivity contribution is 0.0318. The van der Waals surface area contributed by atoms with Crippen molar-refractivity contribution in [3.8, 4) is 0 Å². The molecule has 5 nitrogen and oxygen atoms in total. The van der Waals surface area contributed by atoms with E-state index in [0.29, 0.717) is 17.9 Å². The quantitative estimate of drug-likeness (QED) is 0.304. The number of piperidine rings is 1. The van der Waals surface area contributed by atoms with Gasteiger partial charge in [0.25, 0.3) is 0 Å². The summed E-state index contributed by atoms with van der Waals surface area (Å²) in [6.45, 7) is 4.97. The normalized spacial score (nSPS) is 33.9. The van der Waals surface area contributed by atoms with Crippen molar-refractivity contribution in [2.75, 3.05) is 6.54 Å². The molecule has 0 amide bonds. The first-order valence-electron chi connectivity index (χ1n) is 6.86. The van der Waals surface area contributed by atoms with Crippen LogP contribution in [0.4, 0.5) is 0 Å². The van der Waals surface area contributed by atoms with E-state index in [1.165, 1.54) is 12.8 Å². The number of nitrogens with two attached hydrogens (primary N) is 1. The summed E-state index contributed by atoms with van der Waals surface area (Å²) >= 11 is 0. The number of oxime groups is 1. The summed E-state index contributed by atoms with van der Waals surface area (Å²) < 4.78 is 0. The highest BCUT2D eigenvalue weighted by Crippen LogP contribution is 2.36. The molecular formula is C13H25N3O2. The first kappa shape index (κ1) is 13.6. The van der Waals surface area contributed by atoms with Crippen LogP contribution in [-0.4, -0.2) is 45.8 Å². The Balaban J connectivity index is 1.92. The van der Waals surface area contributed by atoms with Gasteiger partial charge < -0.3 is 16.0 Å². The van der Waals surface area contributed by atoms with Crippen LogP contribution in [0, 0.1) is 5.41 Å². The van der Waals surface area contributed by atoms with Gasteiger partial charge in [0.15, 0.2) is 0 Å². The smallest absolute Gasteiger partial charge is 0.144 e. The number of nitrogens with zero attached hydrogens (tertiary/aromatic N) is 2. The Bertz CT molecular complexity index is 316. The zero-order chi connectivity index (χ0) is 13.3. The van der Waals surface area contributed by atoms with Crippen molar-refractivity contribution < 1.29 is 10.3 Å². The zero-order valence-corrected chi connectivity index (χ0v) is 11.3. The van der Waals surface area contributed by atoms with Crippen molar-refractivity contribution in [1.29, 1.82) is 0 Å². The van der Waals surface area contributed by atoms with Gasteiger partial charge in [-0.05, 0) is 38.6 Å². The lowest BCUT2D eigenvalue weighted by Crippen LogP contribution is -2.46. The lowest BCUT2D eigenvalue weighted by atomic mass is 9.87. The molecule has 0 radical (unpaired) electrons. The standard InChI is InChI=1S/C13H25N3O2/c1-13(2,12(14)15-18)5-6-16-9-3-4-10(16)8-11(17)7-9/h9-11,17-18H,3-8H2,1-2H3,(H2,14,15). The molecule has 0 aromatic heterocycles. The van der Waals surface area contributed by atoms with Crippen molar-refractivity contribution in [2.45, 2.75) is 64.1 Å². The monoisotopic (exact) mass is 255 g/mol. The maximum absolute atomic E-state index is 9.76. The summed E-state index contributed by atoms with van der Waals surface area (Å²) in [6.07, 6.45) is 4.97. The highest BCUT2D eigenvalue weighted by molar-refractivity contribution is 5.85. The van der Waals surface area contributed by atoms with Gasteiger partial charge in [0.05, 0.1) is 6.10 Å². The van der Waals surface area contributed by atoms with Crippen LogP contribution in [-0.2, 0) is 0 Å². The van der Waals surface area contributed by atoms with Crippen molar-refractivity contribution >= 4 is 5.84 Å². The van der Waals surface area contributed by atoms with Crippen LogP contribution in [0.25, 0.3) is 0 Å².